The van der Waals surface area contributed by atoms with Crippen LogP contribution in [0.3, 0.4) is 0 Å². The molecule has 1 amide bonds. The lowest BCUT2D eigenvalue weighted by Gasteiger charge is -2.21. The van der Waals surface area contributed by atoms with Crippen LogP contribution in [0.2, 0.25) is 0 Å². The number of carbonyl (C=O) groups is 1. The number of amides is 1. The maximum Gasteiger partial charge on any atom is 0.254 e. The van der Waals surface area contributed by atoms with Gasteiger partial charge in [0.2, 0.25) is 0 Å². The number of hydrogen-bond acceptors (Lipinski definition) is 4. The molecule has 122 valence electrons. The molecule has 1 fully saturated rings. The fourth-order valence-corrected chi connectivity index (χ4v) is 3.57. The molecule has 0 atom stereocenters. The minimum Gasteiger partial charge on any atom is -0.337 e. The van der Waals surface area contributed by atoms with Crippen LogP contribution < -0.4 is 5.56 Å². The molecule has 23 heavy (non-hydrogen) atoms. The first kappa shape index (κ1) is 16.0. The number of pyridine rings is 1. The van der Waals surface area contributed by atoms with Gasteiger partial charge in [0.25, 0.3) is 11.5 Å². The van der Waals surface area contributed by atoms with Gasteiger partial charge in [-0.1, -0.05) is 6.07 Å². The van der Waals surface area contributed by atoms with Gasteiger partial charge in [-0.05, 0) is 23.9 Å². The predicted octanol–water partition coefficient (Wildman–Crippen LogP) is 1.79. The molecular weight excluding hydrogens is 310 g/mol. The second-order valence-electron chi connectivity index (χ2n) is 5.87. The highest BCUT2D eigenvalue weighted by atomic mass is 32.1. The van der Waals surface area contributed by atoms with Crippen molar-refractivity contribution in [3.8, 4) is 0 Å². The Labute approximate surface area is 139 Å². The molecule has 0 N–H and O–H groups in total. The molecule has 0 bridgehead atoms. The molecule has 0 saturated carbocycles. The summed E-state index contributed by atoms with van der Waals surface area (Å²) in [5.41, 5.74) is 0.338. The molecule has 1 aliphatic rings. The van der Waals surface area contributed by atoms with Crippen molar-refractivity contribution < 1.29 is 4.79 Å². The van der Waals surface area contributed by atoms with E-state index >= 15 is 0 Å². The van der Waals surface area contributed by atoms with E-state index in [4.69, 9.17) is 0 Å². The van der Waals surface area contributed by atoms with E-state index in [1.54, 1.807) is 30.6 Å². The van der Waals surface area contributed by atoms with Crippen LogP contribution in [0, 0.1) is 0 Å². The topological polar surface area (TPSA) is 45.6 Å². The first-order valence-electron chi connectivity index (χ1n) is 7.84. The van der Waals surface area contributed by atoms with Crippen LogP contribution in [-0.4, -0.2) is 46.5 Å². The minimum atomic E-state index is -0.148. The van der Waals surface area contributed by atoms with Crippen molar-refractivity contribution in [2.45, 2.75) is 13.0 Å². The van der Waals surface area contributed by atoms with E-state index < -0.39 is 0 Å². The summed E-state index contributed by atoms with van der Waals surface area (Å²) in [5.74, 6) is -0.0410. The Morgan fingerprint density at radius 1 is 1.22 bits per heavy atom. The fraction of sp³-hybridized carbons (Fsp3) is 0.412. The average Bonchev–Trinajstić information content (AvgIpc) is 2.94. The molecule has 0 radical (unpaired) electrons. The molecule has 0 unspecified atom stereocenters. The molecule has 2 aromatic rings. The zero-order valence-electron chi connectivity index (χ0n) is 13.3. The fourth-order valence-electron chi connectivity index (χ4n) is 2.82. The molecular formula is C17H21N3O2S. The van der Waals surface area contributed by atoms with Crippen LogP contribution in [0.1, 0.15) is 21.7 Å². The van der Waals surface area contributed by atoms with Crippen molar-refractivity contribution in [1.29, 1.82) is 0 Å². The molecule has 6 heteroatoms. The molecule has 3 heterocycles. The number of hydrogen-bond donors (Lipinski definition) is 0. The van der Waals surface area contributed by atoms with Crippen LogP contribution in [0.4, 0.5) is 0 Å². The van der Waals surface area contributed by atoms with Gasteiger partial charge in [0.15, 0.2) is 0 Å². The minimum absolute atomic E-state index is 0.0410. The Morgan fingerprint density at radius 2 is 2.09 bits per heavy atom. The maximum atomic E-state index is 12.6. The van der Waals surface area contributed by atoms with Gasteiger partial charge in [0.1, 0.15) is 0 Å². The van der Waals surface area contributed by atoms with Crippen LogP contribution >= 0.6 is 11.3 Å². The van der Waals surface area contributed by atoms with Crippen molar-refractivity contribution >= 4 is 17.2 Å². The second kappa shape index (κ2) is 7.10. The van der Waals surface area contributed by atoms with E-state index in [2.05, 4.69) is 22.4 Å². The standard InChI is InChI=1S/C17H21N3O2S/c1-18-8-5-14(12-16(18)21)17(22)20-7-3-6-19(9-10-20)13-15-4-2-11-23-15/h2,4-5,8,11-12H,3,6-7,9-10,13H2,1H3. The molecule has 1 aliphatic heterocycles. The summed E-state index contributed by atoms with van der Waals surface area (Å²) in [6.45, 7) is 4.27. The summed E-state index contributed by atoms with van der Waals surface area (Å²) >= 11 is 1.77. The molecule has 0 spiro atoms. The van der Waals surface area contributed by atoms with Gasteiger partial charge in [0.05, 0.1) is 0 Å². The third kappa shape index (κ3) is 3.89. The third-order valence-electron chi connectivity index (χ3n) is 4.19. The van der Waals surface area contributed by atoms with Crippen molar-refractivity contribution in [1.82, 2.24) is 14.4 Å². The average molecular weight is 331 g/mol. The van der Waals surface area contributed by atoms with Gasteiger partial charge in [-0.3, -0.25) is 14.5 Å². The van der Waals surface area contributed by atoms with Crippen molar-refractivity contribution in [3.63, 3.8) is 0 Å². The van der Waals surface area contributed by atoms with E-state index in [0.717, 1.165) is 32.6 Å². The van der Waals surface area contributed by atoms with E-state index in [0.29, 0.717) is 12.1 Å². The first-order chi connectivity index (χ1) is 11.1. The largest absolute Gasteiger partial charge is 0.337 e. The third-order valence-corrected chi connectivity index (χ3v) is 5.05. The molecule has 2 aromatic heterocycles. The lowest BCUT2D eigenvalue weighted by Crippen LogP contribution is -2.35. The van der Waals surface area contributed by atoms with Crippen LogP contribution in [0.5, 0.6) is 0 Å². The summed E-state index contributed by atoms with van der Waals surface area (Å²) in [4.78, 5) is 29.9. The van der Waals surface area contributed by atoms with Gasteiger partial charge >= 0.3 is 0 Å². The van der Waals surface area contributed by atoms with Crippen molar-refractivity contribution in [2.24, 2.45) is 7.05 Å². The summed E-state index contributed by atoms with van der Waals surface area (Å²) in [6.07, 6.45) is 2.61. The Bertz CT molecular complexity index is 724. The van der Waals surface area contributed by atoms with Gasteiger partial charge in [-0.2, -0.15) is 0 Å². The van der Waals surface area contributed by atoms with E-state index in [-0.39, 0.29) is 11.5 Å². The highest BCUT2D eigenvalue weighted by Crippen LogP contribution is 2.14. The zero-order valence-corrected chi connectivity index (χ0v) is 14.1. The Hall–Kier alpha value is -1.92. The molecule has 5 nitrogen and oxygen atoms in total. The second-order valence-corrected chi connectivity index (χ2v) is 6.90. The number of nitrogens with zero attached hydrogens (tertiary/aromatic N) is 3. The number of aromatic nitrogens is 1. The Balaban J connectivity index is 1.64. The summed E-state index contributed by atoms with van der Waals surface area (Å²) in [7, 11) is 1.69. The van der Waals surface area contributed by atoms with Crippen LogP contribution in [0.25, 0.3) is 0 Å². The monoisotopic (exact) mass is 331 g/mol. The number of aryl methyl sites for hydroxylation is 1. The smallest absolute Gasteiger partial charge is 0.254 e. The molecule has 0 aliphatic carbocycles. The van der Waals surface area contributed by atoms with E-state index in [9.17, 15) is 9.59 Å². The van der Waals surface area contributed by atoms with Crippen LogP contribution in [0.15, 0.2) is 40.6 Å². The van der Waals surface area contributed by atoms with Gasteiger partial charge < -0.3 is 9.47 Å². The lowest BCUT2D eigenvalue weighted by atomic mass is 10.2. The molecule has 3 rings (SSSR count). The van der Waals surface area contributed by atoms with Gasteiger partial charge in [-0.25, -0.2) is 0 Å². The van der Waals surface area contributed by atoms with E-state index in [1.807, 2.05) is 4.90 Å². The lowest BCUT2D eigenvalue weighted by molar-refractivity contribution is 0.0761. The van der Waals surface area contributed by atoms with Crippen LogP contribution in [-0.2, 0) is 13.6 Å². The Kier molecular flexibility index (Phi) is 4.93. The highest BCUT2D eigenvalue weighted by Gasteiger charge is 2.20. The number of carbonyl (C=O) groups excluding carboxylic acids is 1. The van der Waals surface area contributed by atoms with Gasteiger partial charge in [-0.15, -0.1) is 11.3 Å². The Morgan fingerprint density at radius 3 is 2.83 bits per heavy atom. The quantitative estimate of drug-likeness (QED) is 0.861. The van der Waals surface area contributed by atoms with Gasteiger partial charge in [0, 0.05) is 62.5 Å². The predicted molar refractivity (Wildman–Crippen MR) is 91.8 cm³/mol. The van der Waals surface area contributed by atoms with Crippen molar-refractivity contribution in [2.75, 3.05) is 26.2 Å². The maximum absolute atomic E-state index is 12.6. The summed E-state index contributed by atoms with van der Waals surface area (Å²) < 4.78 is 1.47. The molecule has 1 saturated heterocycles. The summed E-state index contributed by atoms with van der Waals surface area (Å²) in [6, 6.07) is 7.37. The number of thiophene rings is 1. The molecule has 0 aromatic carbocycles. The SMILES string of the molecule is Cn1ccc(C(=O)N2CCCN(Cc3cccs3)CC2)cc1=O. The van der Waals surface area contributed by atoms with Crippen molar-refractivity contribution in [3.05, 3.63) is 56.6 Å². The summed E-state index contributed by atoms with van der Waals surface area (Å²) in [5, 5.41) is 2.10. The highest BCUT2D eigenvalue weighted by molar-refractivity contribution is 7.09. The van der Waals surface area contributed by atoms with E-state index in [1.165, 1.54) is 15.5 Å². The zero-order chi connectivity index (χ0) is 16.2. The number of rotatable bonds is 3. The normalized spacial score (nSPS) is 16.3. The first-order valence-corrected chi connectivity index (χ1v) is 8.72.